The SMILES string of the molecule is O=C(NC(=O)C1CCC1)NC1=C[CH]CC=C1. The lowest BCUT2D eigenvalue weighted by Crippen LogP contribution is -2.43. The summed E-state index contributed by atoms with van der Waals surface area (Å²) < 4.78 is 0. The highest BCUT2D eigenvalue weighted by Gasteiger charge is 2.26. The van der Waals surface area contributed by atoms with Crippen molar-refractivity contribution >= 4 is 11.9 Å². The Morgan fingerprint density at radius 3 is 2.69 bits per heavy atom. The van der Waals surface area contributed by atoms with Crippen LogP contribution in [0.5, 0.6) is 0 Å². The van der Waals surface area contributed by atoms with Crippen LogP contribution in [0.25, 0.3) is 0 Å². The molecule has 1 saturated carbocycles. The fourth-order valence-electron chi connectivity index (χ4n) is 1.65. The fraction of sp³-hybridized carbons (Fsp3) is 0.417. The van der Waals surface area contributed by atoms with Gasteiger partial charge in [-0.05, 0) is 31.8 Å². The topological polar surface area (TPSA) is 58.2 Å². The van der Waals surface area contributed by atoms with Crippen molar-refractivity contribution in [2.75, 3.05) is 0 Å². The number of imide groups is 1. The second-order valence-corrected chi connectivity index (χ2v) is 4.07. The molecule has 85 valence electrons. The van der Waals surface area contributed by atoms with E-state index in [2.05, 4.69) is 10.6 Å². The number of rotatable bonds is 2. The Labute approximate surface area is 94.8 Å². The van der Waals surface area contributed by atoms with Gasteiger partial charge in [0.05, 0.1) is 0 Å². The molecule has 0 aliphatic heterocycles. The minimum absolute atomic E-state index is 0.0354. The van der Waals surface area contributed by atoms with Crippen LogP contribution < -0.4 is 10.6 Å². The van der Waals surface area contributed by atoms with E-state index in [0.29, 0.717) is 5.70 Å². The number of nitrogens with one attached hydrogen (secondary N) is 2. The summed E-state index contributed by atoms with van der Waals surface area (Å²) in [5, 5.41) is 4.98. The predicted octanol–water partition coefficient (Wildman–Crippen LogP) is 1.66. The number of carbonyl (C=O) groups is 2. The molecule has 1 fully saturated rings. The van der Waals surface area contributed by atoms with Crippen molar-refractivity contribution in [3.05, 3.63) is 30.3 Å². The molecule has 2 aliphatic rings. The molecule has 0 aromatic rings. The maximum Gasteiger partial charge on any atom is 0.325 e. The molecule has 2 N–H and O–H groups in total. The lowest BCUT2D eigenvalue weighted by atomic mass is 9.85. The van der Waals surface area contributed by atoms with Crippen molar-refractivity contribution in [1.82, 2.24) is 10.6 Å². The molecule has 0 spiro atoms. The zero-order chi connectivity index (χ0) is 11.4. The third-order valence-corrected chi connectivity index (χ3v) is 2.84. The van der Waals surface area contributed by atoms with E-state index in [1.54, 1.807) is 0 Å². The first-order chi connectivity index (χ1) is 7.75. The Morgan fingerprint density at radius 1 is 1.31 bits per heavy atom. The molecule has 0 saturated heterocycles. The van der Waals surface area contributed by atoms with Crippen LogP contribution in [0.4, 0.5) is 4.79 Å². The van der Waals surface area contributed by atoms with Crippen LogP contribution in [0.1, 0.15) is 25.7 Å². The number of carbonyl (C=O) groups excluding carboxylic acids is 2. The fourth-order valence-corrected chi connectivity index (χ4v) is 1.65. The van der Waals surface area contributed by atoms with Gasteiger partial charge in [-0.2, -0.15) is 0 Å². The van der Waals surface area contributed by atoms with Crippen molar-refractivity contribution in [2.45, 2.75) is 25.7 Å². The summed E-state index contributed by atoms with van der Waals surface area (Å²) in [4.78, 5) is 22.9. The summed E-state index contributed by atoms with van der Waals surface area (Å²) in [5.74, 6) is -0.124. The molecule has 3 amide bonds. The van der Waals surface area contributed by atoms with Gasteiger partial charge in [0.2, 0.25) is 5.91 Å². The largest absolute Gasteiger partial charge is 0.325 e. The summed E-state index contributed by atoms with van der Waals surface area (Å²) in [5.41, 5.74) is 0.713. The average Bonchev–Trinajstić information content (AvgIpc) is 2.15. The minimum atomic E-state index is -0.442. The van der Waals surface area contributed by atoms with Gasteiger partial charge >= 0.3 is 6.03 Å². The van der Waals surface area contributed by atoms with E-state index in [0.717, 1.165) is 25.7 Å². The first-order valence-corrected chi connectivity index (χ1v) is 5.57. The standard InChI is InChI=1S/C12H15N2O2/c15-11(9-5-4-6-9)14-12(16)13-10-7-2-1-3-8-10/h2-3,7-9H,1,4-6H2,(H2,13,14,15,16). The van der Waals surface area contributed by atoms with E-state index in [-0.39, 0.29) is 11.8 Å². The molecular weight excluding hydrogens is 204 g/mol. The number of urea groups is 1. The lowest BCUT2D eigenvalue weighted by Gasteiger charge is -2.23. The third-order valence-electron chi connectivity index (χ3n) is 2.84. The molecule has 4 heteroatoms. The van der Waals surface area contributed by atoms with Gasteiger partial charge in [-0.15, -0.1) is 0 Å². The van der Waals surface area contributed by atoms with Crippen LogP contribution in [0.15, 0.2) is 23.9 Å². The summed E-state index contributed by atoms with van der Waals surface area (Å²) >= 11 is 0. The lowest BCUT2D eigenvalue weighted by molar-refractivity contribution is -0.126. The molecule has 0 unspecified atom stereocenters. The molecular formula is C12H15N2O2. The van der Waals surface area contributed by atoms with Crippen molar-refractivity contribution < 1.29 is 9.59 Å². The van der Waals surface area contributed by atoms with Crippen LogP contribution in [-0.2, 0) is 4.79 Å². The Balaban J connectivity index is 1.77. The number of hydrogen-bond acceptors (Lipinski definition) is 2. The molecule has 0 atom stereocenters. The van der Waals surface area contributed by atoms with Gasteiger partial charge in [0.15, 0.2) is 0 Å². The van der Waals surface area contributed by atoms with E-state index in [1.807, 2.05) is 24.6 Å². The van der Waals surface area contributed by atoms with Gasteiger partial charge in [-0.3, -0.25) is 10.1 Å². The van der Waals surface area contributed by atoms with E-state index in [9.17, 15) is 9.59 Å². The predicted molar refractivity (Wildman–Crippen MR) is 60.2 cm³/mol. The average molecular weight is 219 g/mol. The normalized spacial score (nSPS) is 19.6. The summed E-state index contributed by atoms with van der Waals surface area (Å²) in [6.45, 7) is 0. The highest BCUT2D eigenvalue weighted by atomic mass is 16.2. The first kappa shape index (κ1) is 10.9. The van der Waals surface area contributed by atoms with E-state index < -0.39 is 6.03 Å². The molecule has 2 rings (SSSR count). The van der Waals surface area contributed by atoms with Crippen LogP contribution in [0, 0.1) is 12.3 Å². The number of allylic oxidation sites excluding steroid dienone is 3. The molecule has 4 nitrogen and oxygen atoms in total. The monoisotopic (exact) mass is 219 g/mol. The van der Waals surface area contributed by atoms with Crippen LogP contribution in [0.2, 0.25) is 0 Å². The summed E-state index contributed by atoms with van der Waals surface area (Å²) in [6, 6.07) is -0.442. The highest BCUT2D eigenvalue weighted by Crippen LogP contribution is 2.26. The van der Waals surface area contributed by atoms with Gasteiger partial charge in [-0.25, -0.2) is 4.79 Å². The molecule has 16 heavy (non-hydrogen) atoms. The Bertz CT molecular complexity index is 354. The van der Waals surface area contributed by atoms with Gasteiger partial charge in [0.25, 0.3) is 0 Å². The van der Waals surface area contributed by atoms with Crippen molar-refractivity contribution in [3.8, 4) is 0 Å². The molecule has 1 radical (unpaired) electrons. The molecule has 0 aromatic heterocycles. The minimum Gasteiger partial charge on any atom is -0.308 e. The molecule has 2 aliphatic carbocycles. The Hall–Kier alpha value is -1.58. The molecule has 0 aromatic carbocycles. The van der Waals surface area contributed by atoms with Gasteiger partial charge < -0.3 is 5.32 Å². The smallest absolute Gasteiger partial charge is 0.308 e. The van der Waals surface area contributed by atoms with E-state index >= 15 is 0 Å². The second-order valence-electron chi connectivity index (χ2n) is 4.07. The van der Waals surface area contributed by atoms with E-state index in [1.165, 1.54) is 0 Å². The second kappa shape index (κ2) is 4.96. The first-order valence-electron chi connectivity index (χ1n) is 5.57. The Kier molecular flexibility index (Phi) is 3.39. The summed E-state index contributed by atoms with van der Waals surface area (Å²) in [7, 11) is 0. The quantitative estimate of drug-likeness (QED) is 0.742. The highest BCUT2D eigenvalue weighted by molar-refractivity contribution is 5.96. The van der Waals surface area contributed by atoms with Crippen LogP contribution >= 0.6 is 0 Å². The number of hydrogen-bond donors (Lipinski definition) is 2. The molecule has 0 heterocycles. The zero-order valence-corrected chi connectivity index (χ0v) is 9.03. The van der Waals surface area contributed by atoms with E-state index in [4.69, 9.17) is 0 Å². The van der Waals surface area contributed by atoms with Crippen molar-refractivity contribution in [1.29, 1.82) is 0 Å². The van der Waals surface area contributed by atoms with Gasteiger partial charge in [0, 0.05) is 11.6 Å². The Morgan fingerprint density at radius 2 is 2.12 bits per heavy atom. The van der Waals surface area contributed by atoms with Gasteiger partial charge in [0.1, 0.15) is 0 Å². The van der Waals surface area contributed by atoms with Crippen LogP contribution in [0.3, 0.4) is 0 Å². The summed E-state index contributed by atoms with van der Waals surface area (Å²) in [6.07, 6.45) is 11.3. The maximum atomic E-state index is 11.5. The third kappa shape index (κ3) is 2.72. The maximum absolute atomic E-state index is 11.5. The van der Waals surface area contributed by atoms with Gasteiger partial charge in [-0.1, -0.05) is 18.6 Å². The zero-order valence-electron chi connectivity index (χ0n) is 9.03. The van der Waals surface area contributed by atoms with Crippen molar-refractivity contribution in [3.63, 3.8) is 0 Å². The van der Waals surface area contributed by atoms with Crippen molar-refractivity contribution in [2.24, 2.45) is 5.92 Å². The molecule has 0 bridgehead atoms. The van der Waals surface area contributed by atoms with Crippen LogP contribution in [-0.4, -0.2) is 11.9 Å². The number of amides is 3.